The van der Waals surface area contributed by atoms with Gasteiger partial charge in [-0.15, -0.1) is 0 Å². The molecule has 0 radical (unpaired) electrons. The Hall–Kier alpha value is -0.250. The minimum absolute atomic E-state index is 0.870. The highest BCUT2D eigenvalue weighted by atomic mass is 32.3. The summed E-state index contributed by atoms with van der Waals surface area (Å²) in [5.74, 6) is 0. The van der Waals surface area contributed by atoms with Crippen LogP contribution in [0.5, 0.6) is 0 Å². The monoisotopic (exact) mass is 176 g/mol. The summed E-state index contributed by atoms with van der Waals surface area (Å²) in [5.41, 5.74) is 0. The van der Waals surface area contributed by atoms with Crippen LogP contribution in [0.2, 0.25) is 0 Å². The van der Waals surface area contributed by atoms with Gasteiger partial charge < -0.3 is 15.3 Å². The number of aliphatic hydroxyl groups is 3. The van der Waals surface area contributed by atoms with Crippen LogP contribution >= 0.6 is 0 Å². The Balaban J connectivity index is 0. The van der Waals surface area contributed by atoms with Crippen molar-refractivity contribution >= 4 is 10.4 Å². The van der Waals surface area contributed by atoms with E-state index in [1.165, 1.54) is 0 Å². The van der Waals surface area contributed by atoms with Crippen molar-refractivity contribution in [1.82, 2.24) is 0 Å². The van der Waals surface area contributed by atoms with Crippen LogP contribution in [0, 0.1) is 0 Å². The highest BCUT2D eigenvalue weighted by molar-refractivity contribution is 7.80. The molecular weight excluding hydrogens is 168 g/mol. The van der Waals surface area contributed by atoms with Crippen LogP contribution in [0.15, 0.2) is 0 Å². The quantitative estimate of drug-likeness (QED) is 0.261. The van der Waals surface area contributed by atoms with Gasteiger partial charge in [-0.2, -0.15) is 8.42 Å². The average Bonchev–Trinajstić information content (AvgIpc) is 1.63. The maximum Gasteiger partial charge on any atom is 0.397 e. The molecule has 0 heterocycles. The molecule has 0 atom stereocenters. The van der Waals surface area contributed by atoms with Crippen molar-refractivity contribution in [1.29, 1.82) is 0 Å². The Labute approximate surface area is 57.4 Å². The molecule has 64 valence electrons. The van der Waals surface area contributed by atoms with Crippen LogP contribution in [0.25, 0.3) is 0 Å². The minimum Gasteiger partial charge on any atom is -0.346 e. The highest BCUT2D eigenvalue weighted by Crippen LogP contribution is 1.74. The molecule has 0 unspecified atom stereocenters. The van der Waals surface area contributed by atoms with Gasteiger partial charge in [0.1, 0.15) is 0 Å². The van der Waals surface area contributed by atoms with E-state index in [1.54, 1.807) is 0 Å². The van der Waals surface area contributed by atoms with Crippen LogP contribution in [0.3, 0.4) is 0 Å². The summed E-state index contributed by atoms with van der Waals surface area (Å²) in [6, 6.07) is 0. The summed E-state index contributed by atoms with van der Waals surface area (Å²) in [7, 11) is -3.29. The van der Waals surface area contributed by atoms with Gasteiger partial charge in [-0.1, -0.05) is 0 Å². The molecule has 10 heavy (non-hydrogen) atoms. The molecule has 0 aliphatic heterocycles. The Morgan fingerprint density at radius 2 is 1.40 bits per heavy atom. The lowest BCUT2D eigenvalue weighted by Gasteiger charge is -1.82. The van der Waals surface area contributed by atoms with Crippen LogP contribution in [0.1, 0.15) is 0 Å². The Morgan fingerprint density at radius 1 is 1.30 bits per heavy atom. The Morgan fingerprint density at radius 3 is 1.40 bits per heavy atom. The first-order valence-electron chi connectivity index (χ1n) is 1.87. The van der Waals surface area contributed by atoms with Gasteiger partial charge in [0.15, 0.2) is 0 Å². The van der Waals surface area contributed by atoms with Crippen molar-refractivity contribution in [3.05, 3.63) is 0 Å². The van der Waals surface area contributed by atoms with E-state index in [0.717, 1.165) is 7.11 Å². The molecule has 0 spiro atoms. The second kappa shape index (κ2) is 5.53. The molecule has 0 saturated carbocycles. The van der Waals surface area contributed by atoms with Crippen molar-refractivity contribution in [3.8, 4) is 0 Å². The van der Waals surface area contributed by atoms with Gasteiger partial charge in [-0.3, -0.25) is 8.74 Å². The lowest BCUT2D eigenvalue weighted by atomic mass is 11.4. The maximum absolute atomic E-state index is 9.33. The standard InChI is InChI=1S/CH4O4S.CH4O3/c1-5-6(2,3)4;2-1(3)4/h1H3,(H,2,3,4);1-4H. The fourth-order valence-corrected chi connectivity index (χ4v) is 0. The van der Waals surface area contributed by atoms with E-state index < -0.39 is 16.9 Å². The zero-order valence-corrected chi connectivity index (χ0v) is 5.82. The fraction of sp³-hybridized carbons (Fsp3) is 1.00. The van der Waals surface area contributed by atoms with E-state index in [2.05, 4.69) is 4.18 Å². The fourth-order valence-electron chi connectivity index (χ4n) is 0. The molecule has 0 aliphatic carbocycles. The minimum atomic E-state index is -4.16. The molecule has 7 nitrogen and oxygen atoms in total. The molecule has 0 aromatic carbocycles. The normalized spacial score (nSPS) is 10.6. The van der Waals surface area contributed by atoms with E-state index >= 15 is 0 Å². The first kappa shape index (κ1) is 12.4. The molecule has 4 N–H and O–H groups in total. The molecule has 0 amide bonds. The maximum atomic E-state index is 9.33. The average molecular weight is 176 g/mol. The topological polar surface area (TPSA) is 124 Å². The highest BCUT2D eigenvalue weighted by Gasteiger charge is 1.93. The van der Waals surface area contributed by atoms with Gasteiger partial charge in [0, 0.05) is 0 Å². The summed E-state index contributed by atoms with van der Waals surface area (Å²) in [5, 5.41) is 21.5. The van der Waals surface area contributed by atoms with Gasteiger partial charge in [-0.25, -0.2) is 0 Å². The summed E-state index contributed by atoms with van der Waals surface area (Å²) in [4.78, 5) is 0. The van der Waals surface area contributed by atoms with Gasteiger partial charge in [0.05, 0.1) is 7.11 Å². The van der Waals surface area contributed by atoms with E-state index in [0.29, 0.717) is 0 Å². The predicted octanol–water partition coefficient (Wildman–Crippen LogP) is -2.32. The van der Waals surface area contributed by atoms with Crippen molar-refractivity contribution in [2.45, 2.75) is 6.48 Å². The second-order valence-electron chi connectivity index (χ2n) is 0.941. The smallest absolute Gasteiger partial charge is 0.346 e. The third-order valence-corrected chi connectivity index (χ3v) is 0.632. The summed E-state index contributed by atoms with van der Waals surface area (Å²) < 4.78 is 29.7. The van der Waals surface area contributed by atoms with Crippen molar-refractivity contribution in [2.75, 3.05) is 7.11 Å². The molecule has 8 heteroatoms. The van der Waals surface area contributed by atoms with Crippen LogP contribution in [-0.4, -0.2) is 41.9 Å². The van der Waals surface area contributed by atoms with E-state index in [-0.39, 0.29) is 0 Å². The molecule has 0 fully saturated rings. The van der Waals surface area contributed by atoms with Crippen LogP contribution in [-0.2, 0) is 14.6 Å². The predicted molar refractivity (Wildman–Crippen MR) is 29.0 cm³/mol. The van der Waals surface area contributed by atoms with E-state index in [4.69, 9.17) is 19.9 Å². The first-order chi connectivity index (χ1) is 4.29. The van der Waals surface area contributed by atoms with Crippen molar-refractivity contribution < 1.29 is 32.5 Å². The van der Waals surface area contributed by atoms with Gasteiger partial charge >= 0.3 is 10.4 Å². The molecule has 0 bridgehead atoms. The van der Waals surface area contributed by atoms with Gasteiger partial charge in [0.2, 0.25) is 0 Å². The Bertz CT molecular complexity index is 142. The summed E-state index contributed by atoms with van der Waals surface area (Å²) >= 11 is 0. The lowest BCUT2D eigenvalue weighted by Crippen LogP contribution is -1.98. The van der Waals surface area contributed by atoms with Crippen molar-refractivity contribution in [3.63, 3.8) is 0 Å². The third-order valence-electron chi connectivity index (χ3n) is 0.211. The molecular formula is C2H8O7S. The zero-order valence-electron chi connectivity index (χ0n) is 5.00. The number of hydrogen-bond acceptors (Lipinski definition) is 6. The van der Waals surface area contributed by atoms with Gasteiger partial charge in [-0.05, 0) is 0 Å². The molecule has 0 aromatic heterocycles. The van der Waals surface area contributed by atoms with Gasteiger partial charge in [0.25, 0.3) is 6.48 Å². The first-order valence-corrected chi connectivity index (χ1v) is 3.23. The second-order valence-corrected chi connectivity index (χ2v) is 2.13. The number of rotatable bonds is 1. The SMILES string of the molecule is COS(=O)(=O)O.OC(O)O. The lowest BCUT2D eigenvalue weighted by molar-refractivity contribution is -0.198. The number of aliphatic hydroxyl groups excluding tert-OH is 1. The molecule has 0 saturated heterocycles. The van der Waals surface area contributed by atoms with E-state index in [9.17, 15) is 8.42 Å². The van der Waals surface area contributed by atoms with Crippen molar-refractivity contribution in [2.24, 2.45) is 0 Å². The number of hydrogen-bond donors (Lipinski definition) is 4. The molecule has 0 aromatic rings. The molecule has 0 aliphatic rings. The zero-order chi connectivity index (χ0) is 8.78. The van der Waals surface area contributed by atoms with E-state index in [1.807, 2.05) is 0 Å². The van der Waals surface area contributed by atoms with Crippen LogP contribution in [0.4, 0.5) is 0 Å². The Kier molecular flexibility index (Phi) is 6.87. The van der Waals surface area contributed by atoms with Crippen LogP contribution < -0.4 is 0 Å². The summed E-state index contributed by atoms with van der Waals surface area (Å²) in [6.45, 7) is -2.17. The summed E-state index contributed by atoms with van der Waals surface area (Å²) in [6.07, 6.45) is 0. The largest absolute Gasteiger partial charge is 0.397 e. The molecule has 0 rings (SSSR count). The third kappa shape index (κ3) is 46.7.